The van der Waals surface area contributed by atoms with E-state index < -0.39 is 12.0 Å². The first-order chi connectivity index (χ1) is 20.7. The van der Waals surface area contributed by atoms with Crippen LogP contribution in [0.25, 0.3) is 6.08 Å². The van der Waals surface area contributed by atoms with Gasteiger partial charge in [0.1, 0.15) is 18.1 Å². The largest absolute Gasteiger partial charge is 0.494 e. The Hall–Kier alpha value is -3.37. The van der Waals surface area contributed by atoms with E-state index in [2.05, 4.69) is 20.9 Å². The molecule has 0 saturated heterocycles. The molecular formula is C32H27BrCl2N2O5S. The number of thiazole rings is 1. The molecule has 1 aliphatic heterocycles. The summed E-state index contributed by atoms with van der Waals surface area (Å²) < 4.78 is 19.7. The molecule has 0 bridgehead atoms. The summed E-state index contributed by atoms with van der Waals surface area (Å²) in [6, 6.07) is 17.5. The first-order valence-corrected chi connectivity index (χ1v) is 15.8. The molecule has 0 unspecified atom stereocenters. The molecule has 7 nitrogen and oxygen atoms in total. The van der Waals surface area contributed by atoms with Gasteiger partial charge in [-0.15, -0.1) is 0 Å². The number of esters is 1. The maximum atomic E-state index is 13.9. The Morgan fingerprint density at radius 1 is 1.05 bits per heavy atom. The number of fused-ring (bicyclic) bond motifs is 1. The average molecular weight is 702 g/mol. The number of carbonyl (C=O) groups excluding carboxylic acids is 1. The third kappa shape index (κ3) is 6.75. The molecule has 0 N–H and O–H groups in total. The standard InChI is InChI=1S/C32H27BrCl2N2O5S/c1-4-40-23-11-8-20(9-12-23)29-28(31(39)41-5-2)18(3)36-32-37(29)30(38)27(43-32)15-19-6-13-26(24(33)14-19)42-17-21-7-10-22(34)16-25(21)35/h6-16,29H,4-5,17H2,1-3H3/b27-15-/t29-/m1/s1. The molecule has 0 amide bonds. The molecule has 43 heavy (non-hydrogen) atoms. The van der Waals surface area contributed by atoms with Gasteiger partial charge in [0.05, 0.1) is 39.5 Å². The highest BCUT2D eigenvalue weighted by molar-refractivity contribution is 9.10. The number of halogens is 3. The zero-order valence-electron chi connectivity index (χ0n) is 23.5. The molecule has 1 atom stereocenters. The number of rotatable bonds is 9. The maximum absolute atomic E-state index is 13.9. The summed E-state index contributed by atoms with van der Waals surface area (Å²) in [4.78, 5) is 32.1. The molecule has 4 aromatic rings. The second-order valence-corrected chi connectivity index (χ2v) is 12.2. The first kappa shape index (κ1) is 31.1. The minimum absolute atomic E-state index is 0.206. The van der Waals surface area contributed by atoms with Crippen molar-refractivity contribution in [2.75, 3.05) is 13.2 Å². The van der Waals surface area contributed by atoms with Gasteiger partial charge in [-0.05, 0) is 90.3 Å². The molecule has 0 aliphatic carbocycles. The number of aromatic nitrogens is 1. The van der Waals surface area contributed by atoms with E-state index in [1.807, 2.05) is 55.5 Å². The van der Waals surface area contributed by atoms with Crippen LogP contribution in [0.15, 0.2) is 86.2 Å². The van der Waals surface area contributed by atoms with Crippen molar-refractivity contribution in [1.29, 1.82) is 0 Å². The van der Waals surface area contributed by atoms with E-state index in [1.165, 1.54) is 11.3 Å². The predicted octanol–water partition coefficient (Wildman–Crippen LogP) is 6.85. The predicted molar refractivity (Wildman–Crippen MR) is 173 cm³/mol. The van der Waals surface area contributed by atoms with E-state index in [4.69, 9.17) is 37.4 Å². The quantitative estimate of drug-likeness (QED) is 0.179. The molecule has 0 radical (unpaired) electrons. The molecule has 0 spiro atoms. The van der Waals surface area contributed by atoms with Gasteiger partial charge >= 0.3 is 5.97 Å². The topological polar surface area (TPSA) is 79.1 Å². The lowest BCUT2D eigenvalue weighted by atomic mass is 9.96. The molecule has 0 fully saturated rings. The lowest BCUT2D eigenvalue weighted by Gasteiger charge is -2.24. The van der Waals surface area contributed by atoms with Gasteiger partial charge in [-0.25, -0.2) is 9.79 Å². The molecule has 1 aliphatic rings. The number of hydrogen-bond acceptors (Lipinski definition) is 7. The zero-order valence-corrected chi connectivity index (χ0v) is 27.4. The number of carbonyl (C=O) groups is 1. The zero-order chi connectivity index (χ0) is 30.7. The van der Waals surface area contributed by atoms with Gasteiger partial charge in [0.25, 0.3) is 5.56 Å². The monoisotopic (exact) mass is 700 g/mol. The van der Waals surface area contributed by atoms with E-state index in [-0.39, 0.29) is 18.8 Å². The van der Waals surface area contributed by atoms with Crippen LogP contribution in [0, 0.1) is 0 Å². The summed E-state index contributed by atoms with van der Waals surface area (Å²) in [6.07, 6.45) is 1.80. The van der Waals surface area contributed by atoms with Crippen molar-refractivity contribution in [2.24, 2.45) is 4.99 Å². The van der Waals surface area contributed by atoms with E-state index in [9.17, 15) is 9.59 Å². The number of nitrogens with zero attached hydrogens (tertiary/aromatic N) is 2. The van der Waals surface area contributed by atoms with Crippen LogP contribution < -0.4 is 24.4 Å². The Kier molecular flexibility index (Phi) is 9.76. The van der Waals surface area contributed by atoms with E-state index in [0.29, 0.717) is 53.2 Å². The van der Waals surface area contributed by atoms with Crippen LogP contribution in [0.1, 0.15) is 43.5 Å². The Morgan fingerprint density at radius 2 is 1.81 bits per heavy atom. The van der Waals surface area contributed by atoms with Crippen molar-refractivity contribution in [2.45, 2.75) is 33.4 Å². The van der Waals surface area contributed by atoms with E-state index in [0.717, 1.165) is 16.7 Å². The molecular weight excluding hydrogens is 675 g/mol. The summed E-state index contributed by atoms with van der Waals surface area (Å²) in [7, 11) is 0. The summed E-state index contributed by atoms with van der Waals surface area (Å²) in [5.41, 5.74) is 2.92. The fourth-order valence-corrected chi connectivity index (χ4v) is 6.71. The normalized spacial score (nSPS) is 14.7. The highest BCUT2D eigenvalue weighted by Crippen LogP contribution is 2.32. The summed E-state index contributed by atoms with van der Waals surface area (Å²) in [5.74, 6) is 0.817. The molecule has 11 heteroatoms. The van der Waals surface area contributed by atoms with E-state index >= 15 is 0 Å². The minimum atomic E-state index is -0.699. The number of allylic oxidation sites excluding steroid dienone is 1. The highest BCUT2D eigenvalue weighted by Gasteiger charge is 2.33. The smallest absolute Gasteiger partial charge is 0.338 e. The molecule has 0 saturated carbocycles. The summed E-state index contributed by atoms with van der Waals surface area (Å²) in [5, 5.41) is 1.09. The van der Waals surface area contributed by atoms with Gasteiger partial charge in [0.15, 0.2) is 4.80 Å². The van der Waals surface area contributed by atoms with Crippen molar-refractivity contribution >= 4 is 62.5 Å². The summed E-state index contributed by atoms with van der Waals surface area (Å²) >= 11 is 17.1. The van der Waals surface area contributed by atoms with Crippen LogP contribution in [0.5, 0.6) is 11.5 Å². The van der Waals surface area contributed by atoms with Gasteiger partial charge in [-0.1, -0.05) is 58.8 Å². The molecule has 2 heterocycles. The lowest BCUT2D eigenvalue weighted by Crippen LogP contribution is -2.39. The summed E-state index contributed by atoms with van der Waals surface area (Å²) in [6.45, 7) is 6.42. The number of hydrogen-bond donors (Lipinski definition) is 0. The Labute approximate surface area is 270 Å². The first-order valence-electron chi connectivity index (χ1n) is 13.5. The van der Waals surface area contributed by atoms with Crippen molar-refractivity contribution in [3.05, 3.63) is 123 Å². The van der Waals surface area contributed by atoms with Crippen molar-refractivity contribution in [1.82, 2.24) is 4.57 Å². The van der Waals surface area contributed by atoms with E-state index in [1.54, 1.807) is 36.6 Å². The van der Waals surface area contributed by atoms with Crippen LogP contribution in [0.4, 0.5) is 0 Å². The van der Waals surface area contributed by atoms with Crippen LogP contribution in [0.3, 0.4) is 0 Å². The van der Waals surface area contributed by atoms with Gasteiger partial charge < -0.3 is 14.2 Å². The van der Waals surface area contributed by atoms with Crippen LogP contribution in [-0.4, -0.2) is 23.8 Å². The van der Waals surface area contributed by atoms with Crippen LogP contribution >= 0.6 is 50.5 Å². The van der Waals surface area contributed by atoms with Crippen LogP contribution in [0.2, 0.25) is 10.0 Å². The molecule has 3 aromatic carbocycles. The third-order valence-corrected chi connectivity index (χ3v) is 8.87. The van der Waals surface area contributed by atoms with Gasteiger partial charge in [-0.3, -0.25) is 9.36 Å². The number of benzene rings is 3. The van der Waals surface area contributed by atoms with Gasteiger partial charge in [-0.2, -0.15) is 0 Å². The Balaban J connectivity index is 1.51. The Morgan fingerprint density at radius 3 is 2.49 bits per heavy atom. The lowest BCUT2D eigenvalue weighted by molar-refractivity contribution is -0.139. The fraction of sp³-hybridized carbons (Fsp3) is 0.219. The second kappa shape index (κ2) is 13.5. The van der Waals surface area contributed by atoms with Gasteiger partial charge in [0, 0.05) is 15.6 Å². The molecule has 1 aromatic heterocycles. The van der Waals surface area contributed by atoms with Crippen molar-refractivity contribution in [3.8, 4) is 11.5 Å². The average Bonchev–Trinajstić information content (AvgIpc) is 3.27. The fourth-order valence-electron chi connectivity index (χ4n) is 4.69. The second-order valence-electron chi connectivity index (χ2n) is 9.52. The van der Waals surface area contributed by atoms with Crippen molar-refractivity contribution in [3.63, 3.8) is 0 Å². The maximum Gasteiger partial charge on any atom is 0.338 e. The highest BCUT2D eigenvalue weighted by atomic mass is 79.9. The van der Waals surface area contributed by atoms with Crippen LogP contribution in [-0.2, 0) is 16.1 Å². The third-order valence-electron chi connectivity index (χ3n) is 6.68. The molecule has 5 rings (SSSR count). The van der Waals surface area contributed by atoms with Gasteiger partial charge in [0.2, 0.25) is 0 Å². The van der Waals surface area contributed by atoms with Crippen molar-refractivity contribution < 1.29 is 19.0 Å². The SMILES string of the molecule is CCOC(=O)C1=C(C)N=c2s/c(=C\c3ccc(OCc4ccc(Cl)cc4Cl)c(Br)c3)c(=O)n2[C@@H]1c1ccc(OCC)cc1. The number of ether oxygens (including phenoxy) is 3. The minimum Gasteiger partial charge on any atom is -0.494 e. The Bertz CT molecular complexity index is 1900. The molecule has 222 valence electrons.